The van der Waals surface area contributed by atoms with Crippen LogP contribution in [0.15, 0.2) is 77.2 Å². The van der Waals surface area contributed by atoms with E-state index < -0.39 is 12.1 Å². The zero-order valence-electron chi connectivity index (χ0n) is 19.5. The smallest absolute Gasteiger partial charge is 0.344 e. The highest BCUT2D eigenvalue weighted by atomic mass is 16.5. The molecule has 2 N–H and O–H groups in total. The van der Waals surface area contributed by atoms with Gasteiger partial charge in [-0.05, 0) is 66.9 Å². The Balaban J connectivity index is 1.47. The number of para-hydroxylation sites is 2. The van der Waals surface area contributed by atoms with Crippen LogP contribution in [0.2, 0.25) is 0 Å². The largest absolute Gasteiger partial charge is 0.508 e. The van der Waals surface area contributed by atoms with E-state index in [9.17, 15) is 15.0 Å². The molecule has 4 aromatic rings. The molecule has 0 aliphatic rings. The Morgan fingerprint density at radius 2 is 1.86 bits per heavy atom. The molecule has 1 aromatic heterocycles. The zero-order valence-corrected chi connectivity index (χ0v) is 19.5. The third-order valence-corrected chi connectivity index (χ3v) is 5.43. The first-order chi connectivity index (χ1) is 17.0. The molecule has 35 heavy (non-hydrogen) atoms. The molecule has 0 bridgehead atoms. The maximum absolute atomic E-state index is 11.4. The van der Waals surface area contributed by atoms with Gasteiger partial charge in [-0.15, -0.1) is 0 Å². The molecule has 1 heterocycles. The fourth-order valence-electron chi connectivity index (χ4n) is 3.64. The van der Waals surface area contributed by atoms with E-state index in [0.29, 0.717) is 55.6 Å². The maximum atomic E-state index is 11.4. The number of hydrogen-bond donors (Lipinski definition) is 2. The number of ether oxygens (including phenoxy) is 2. The van der Waals surface area contributed by atoms with Crippen molar-refractivity contribution in [3.63, 3.8) is 0 Å². The highest BCUT2D eigenvalue weighted by Gasteiger charge is 2.18. The highest BCUT2D eigenvalue weighted by Crippen LogP contribution is 2.25. The van der Waals surface area contributed by atoms with Gasteiger partial charge in [0.1, 0.15) is 22.8 Å². The summed E-state index contributed by atoms with van der Waals surface area (Å²) in [6.07, 6.45) is 0.179. The van der Waals surface area contributed by atoms with E-state index in [2.05, 4.69) is 4.98 Å². The molecule has 0 aliphatic heterocycles. The fraction of sp³-hybridized carbons (Fsp3) is 0.259. The van der Waals surface area contributed by atoms with E-state index in [1.807, 2.05) is 47.4 Å². The summed E-state index contributed by atoms with van der Waals surface area (Å²) in [5.41, 5.74) is 2.42. The van der Waals surface area contributed by atoms with Crippen molar-refractivity contribution in [1.29, 1.82) is 0 Å². The monoisotopic (exact) mass is 476 g/mol. The minimum absolute atomic E-state index is 0.194. The predicted octanol–water partition coefficient (Wildman–Crippen LogP) is 5.25. The van der Waals surface area contributed by atoms with Crippen LogP contribution in [0.1, 0.15) is 25.3 Å². The molecule has 4 rings (SSSR count). The van der Waals surface area contributed by atoms with Gasteiger partial charge < -0.3 is 29.0 Å². The lowest BCUT2D eigenvalue weighted by Gasteiger charge is -2.21. The van der Waals surface area contributed by atoms with Gasteiger partial charge in [0.25, 0.3) is 6.01 Å². The molecule has 8 heteroatoms. The van der Waals surface area contributed by atoms with E-state index in [1.54, 1.807) is 37.3 Å². The number of oxazole rings is 1. The Bertz CT molecular complexity index is 1220. The lowest BCUT2D eigenvalue weighted by atomic mass is 10.2. The average molecular weight is 477 g/mol. The van der Waals surface area contributed by atoms with Crippen LogP contribution < -0.4 is 14.4 Å². The Hall–Kier alpha value is -4.20. The zero-order chi connectivity index (χ0) is 24.6. The fourth-order valence-corrected chi connectivity index (χ4v) is 3.64. The molecule has 182 valence electrons. The molecule has 8 nitrogen and oxygen atoms in total. The van der Waals surface area contributed by atoms with Crippen molar-refractivity contribution in [2.75, 3.05) is 18.1 Å². The van der Waals surface area contributed by atoms with Crippen LogP contribution in [0, 0.1) is 0 Å². The number of aromatic nitrogens is 1. The molecule has 0 saturated carbocycles. The number of carboxylic acids is 1. The number of rotatable bonds is 12. The molecule has 0 radical (unpaired) electrons. The second kappa shape index (κ2) is 11.3. The van der Waals surface area contributed by atoms with Gasteiger partial charge in [-0.2, -0.15) is 4.98 Å². The van der Waals surface area contributed by atoms with Gasteiger partial charge >= 0.3 is 5.97 Å². The maximum Gasteiger partial charge on any atom is 0.344 e. The molecule has 1 unspecified atom stereocenters. The molecular formula is C27H28N2O6. The van der Waals surface area contributed by atoms with Crippen molar-refractivity contribution < 1.29 is 28.9 Å². The molecule has 1 atom stereocenters. The molecular weight excluding hydrogens is 448 g/mol. The van der Waals surface area contributed by atoms with E-state index in [1.165, 1.54) is 0 Å². The molecule has 0 fully saturated rings. The third kappa shape index (κ3) is 6.44. The molecule has 0 spiro atoms. The van der Waals surface area contributed by atoms with Gasteiger partial charge in [-0.3, -0.25) is 0 Å². The van der Waals surface area contributed by atoms with E-state index >= 15 is 0 Å². The van der Waals surface area contributed by atoms with Gasteiger partial charge in [0.15, 0.2) is 11.7 Å². The molecule has 3 aromatic carbocycles. The number of anilines is 1. The Morgan fingerprint density at radius 1 is 1.06 bits per heavy atom. The first-order valence-corrected chi connectivity index (χ1v) is 11.5. The standard InChI is InChI=1S/C27H28N2O6/c1-2-24(26(31)32)34-22-8-5-7-19(17-22)18-29(27-28-23-9-3-4-10-25(23)35-27)15-6-16-33-21-13-11-20(30)12-14-21/h3-5,7-14,17,24,30H,2,6,15-16,18H2,1H3,(H,31,32). The van der Waals surface area contributed by atoms with Crippen LogP contribution in [0.25, 0.3) is 11.1 Å². The van der Waals surface area contributed by atoms with Crippen molar-refractivity contribution >= 4 is 23.1 Å². The van der Waals surface area contributed by atoms with Gasteiger partial charge in [0.05, 0.1) is 6.61 Å². The second-order valence-electron chi connectivity index (χ2n) is 8.08. The first kappa shape index (κ1) is 23.9. The molecule has 0 amide bonds. The minimum Gasteiger partial charge on any atom is -0.508 e. The van der Waals surface area contributed by atoms with Crippen molar-refractivity contribution in [1.82, 2.24) is 4.98 Å². The van der Waals surface area contributed by atoms with Crippen LogP contribution in [0.4, 0.5) is 6.01 Å². The SMILES string of the molecule is CCC(Oc1cccc(CN(CCCOc2ccc(O)cc2)c2nc3ccccc3o2)c1)C(=O)O. The third-order valence-electron chi connectivity index (χ3n) is 5.43. The number of carbonyl (C=O) groups is 1. The van der Waals surface area contributed by atoms with E-state index in [-0.39, 0.29) is 5.75 Å². The number of phenols is 1. The van der Waals surface area contributed by atoms with Crippen molar-refractivity contribution in [3.8, 4) is 17.2 Å². The first-order valence-electron chi connectivity index (χ1n) is 11.5. The molecule has 0 aliphatic carbocycles. The van der Waals surface area contributed by atoms with Gasteiger partial charge in [0.2, 0.25) is 0 Å². The Kier molecular flexibility index (Phi) is 7.72. The highest BCUT2D eigenvalue weighted by molar-refractivity contribution is 5.74. The summed E-state index contributed by atoms with van der Waals surface area (Å²) in [5.74, 6) is 0.397. The lowest BCUT2D eigenvalue weighted by Crippen LogP contribution is -2.27. The number of fused-ring (bicyclic) bond motifs is 1. The van der Waals surface area contributed by atoms with Crippen LogP contribution >= 0.6 is 0 Å². The minimum atomic E-state index is -0.986. The van der Waals surface area contributed by atoms with Crippen LogP contribution in [-0.4, -0.2) is 40.4 Å². The summed E-state index contributed by atoms with van der Waals surface area (Å²) in [4.78, 5) is 18.0. The van der Waals surface area contributed by atoms with Gasteiger partial charge in [-0.25, -0.2) is 4.79 Å². The van der Waals surface area contributed by atoms with Crippen molar-refractivity contribution in [2.24, 2.45) is 0 Å². The van der Waals surface area contributed by atoms with Crippen LogP contribution in [0.5, 0.6) is 17.2 Å². The predicted molar refractivity (Wildman–Crippen MR) is 132 cm³/mol. The van der Waals surface area contributed by atoms with Gasteiger partial charge in [-0.1, -0.05) is 31.2 Å². The summed E-state index contributed by atoms with van der Waals surface area (Å²) in [6, 6.07) is 22.1. The number of aliphatic carboxylic acids is 1. The normalized spacial score (nSPS) is 11.8. The quantitative estimate of drug-likeness (QED) is 0.267. The number of aromatic hydroxyl groups is 1. The lowest BCUT2D eigenvalue weighted by molar-refractivity contribution is -0.145. The number of hydrogen-bond acceptors (Lipinski definition) is 7. The van der Waals surface area contributed by atoms with Crippen molar-refractivity contribution in [2.45, 2.75) is 32.4 Å². The van der Waals surface area contributed by atoms with Crippen molar-refractivity contribution in [3.05, 3.63) is 78.4 Å². The number of phenolic OH excluding ortho intramolecular Hbond substituents is 1. The number of nitrogens with zero attached hydrogens (tertiary/aromatic N) is 2. The van der Waals surface area contributed by atoms with Crippen LogP contribution in [0.3, 0.4) is 0 Å². The second-order valence-corrected chi connectivity index (χ2v) is 8.08. The van der Waals surface area contributed by atoms with E-state index in [0.717, 1.165) is 11.1 Å². The summed E-state index contributed by atoms with van der Waals surface area (Å²) in [5, 5.41) is 18.7. The summed E-state index contributed by atoms with van der Waals surface area (Å²) in [7, 11) is 0. The topological polar surface area (TPSA) is 105 Å². The summed E-state index contributed by atoms with van der Waals surface area (Å²) < 4.78 is 17.5. The summed E-state index contributed by atoms with van der Waals surface area (Å²) >= 11 is 0. The van der Waals surface area contributed by atoms with E-state index in [4.69, 9.17) is 13.9 Å². The number of benzene rings is 3. The van der Waals surface area contributed by atoms with Gasteiger partial charge in [0, 0.05) is 13.1 Å². The summed E-state index contributed by atoms with van der Waals surface area (Å²) in [6.45, 7) is 3.36. The Morgan fingerprint density at radius 3 is 2.60 bits per heavy atom. The number of carboxylic acid groups (broad SMARTS) is 1. The molecule has 0 saturated heterocycles. The van der Waals surface area contributed by atoms with Crippen LogP contribution in [-0.2, 0) is 11.3 Å². The Labute approximate surface area is 203 Å². The average Bonchev–Trinajstić information content (AvgIpc) is 3.30.